The van der Waals surface area contributed by atoms with Gasteiger partial charge in [0.25, 0.3) is 0 Å². The molecule has 5 heteroatoms. The lowest BCUT2D eigenvalue weighted by atomic mass is 9.90. The number of nitrogens with two attached hydrogens (primary N) is 1. The maximum Gasteiger partial charge on any atom is 0.238 e. The topological polar surface area (TPSA) is 58.4 Å². The zero-order valence-corrected chi connectivity index (χ0v) is 13.2. The van der Waals surface area contributed by atoms with Crippen LogP contribution in [-0.4, -0.2) is 36.0 Å². The van der Waals surface area contributed by atoms with Gasteiger partial charge in [0, 0.05) is 12.1 Å². The van der Waals surface area contributed by atoms with Crippen LogP contribution < -0.4 is 11.1 Å². The lowest BCUT2D eigenvalue weighted by Gasteiger charge is -2.41. The number of nitrogens with one attached hydrogen (secondary N) is 1. The van der Waals surface area contributed by atoms with Crippen LogP contribution >= 0.6 is 0 Å². The quantitative estimate of drug-likeness (QED) is 0.775. The second kappa shape index (κ2) is 8.10. The molecule has 0 heterocycles. The van der Waals surface area contributed by atoms with Crippen LogP contribution in [0.15, 0.2) is 24.3 Å². The van der Waals surface area contributed by atoms with Gasteiger partial charge in [-0.15, -0.1) is 0 Å². The monoisotopic (exact) mass is 295 g/mol. The Labute approximate surface area is 126 Å². The fraction of sp³-hybridized carbons (Fsp3) is 0.562. The third kappa shape index (κ3) is 4.25. The standard InChI is InChI=1S/C16H26FN3O/c1-4-16(5-2,12-18)20(6-3)11-15(21)19-14-10-8-7-9-13(14)17/h7-10H,4-6,11-12,18H2,1-3H3,(H,19,21). The summed E-state index contributed by atoms with van der Waals surface area (Å²) in [5.74, 6) is -0.647. The van der Waals surface area contributed by atoms with E-state index in [-0.39, 0.29) is 23.7 Å². The Hall–Kier alpha value is -1.46. The van der Waals surface area contributed by atoms with Crippen LogP contribution in [0, 0.1) is 5.82 Å². The van der Waals surface area contributed by atoms with E-state index in [2.05, 4.69) is 24.1 Å². The molecule has 1 amide bonds. The number of para-hydroxylation sites is 1. The number of halogens is 1. The highest BCUT2D eigenvalue weighted by Crippen LogP contribution is 2.22. The highest BCUT2D eigenvalue weighted by atomic mass is 19.1. The number of likely N-dealkylation sites (N-methyl/N-ethyl adjacent to an activating group) is 1. The normalized spacial score (nSPS) is 11.7. The molecule has 0 atom stereocenters. The molecule has 0 aliphatic rings. The van der Waals surface area contributed by atoms with Gasteiger partial charge in [-0.05, 0) is 31.5 Å². The van der Waals surface area contributed by atoms with Gasteiger partial charge in [0.2, 0.25) is 5.91 Å². The summed E-state index contributed by atoms with van der Waals surface area (Å²) >= 11 is 0. The molecule has 0 aliphatic heterocycles. The average Bonchev–Trinajstić information content (AvgIpc) is 2.50. The van der Waals surface area contributed by atoms with E-state index in [1.54, 1.807) is 18.2 Å². The van der Waals surface area contributed by atoms with Gasteiger partial charge in [0.15, 0.2) is 0 Å². The summed E-state index contributed by atoms with van der Waals surface area (Å²) in [5.41, 5.74) is 5.96. The van der Waals surface area contributed by atoms with Crippen molar-refractivity contribution in [2.45, 2.75) is 39.2 Å². The van der Waals surface area contributed by atoms with Gasteiger partial charge in [-0.1, -0.05) is 32.9 Å². The first-order valence-electron chi connectivity index (χ1n) is 7.52. The molecule has 0 bridgehead atoms. The molecule has 0 radical (unpaired) electrons. The van der Waals surface area contributed by atoms with E-state index in [4.69, 9.17) is 5.73 Å². The van der Waals surface area contributed by atoms with Crippen molar-refractivity contribution in [3.8, 4) is 0 Å². The number of anilines is 1. The third-order valence-electron chi connectivity index (χ3n) is 4.23. The van der Waals surface area contributed by atoms with E-state index in [1.807, 2.05) is 6.92 Å². The number of benzene rings is 1. The van der Waals surface area contributed by atoms with Gasteiger partial charge >= 0.3 is 0 Å². The van der Waals surface area contributed by atoms with Crippen LogP contribution in [0.25, 0.3) is 0 Å². The minimum atomic E-state index is -0.426. The van der Waals surface area contributed by atoms with Gasteiger partial charge in [0.05, 0.1) is 12.2 Å². The zero-order chi connectivity index (χ0) is 15.9. The molecule has 1 aromatic rings. The molecule has 0 unspecified atom stereocenters. The van der Waals surface area contributed by atoms with Gasteiger partial charge in [-0.25, -0.2) is 4.39 Å². The Balaban J connectivity index is 2.77. The molecular formula is C16H26FN3O. The lowest BCUT2D eigenvalue weighted by Crippen LogP contribution is -2.55. The first kappa shape index (κ1) is 17.6. The second-order valence-corrected chi connectivity index (χ2v) is 5.18. The van der Waals surface area contributed by atoms with Crippen molar-refractivity contribution in [3.63, 3.8) is 0 Å². The lowest BCUT2D eigenvalue weighted by molar-refractivity contribution is -0.119. The van der Waals surface area contributed by atoms with Gasteiger partial charge in [0.1, 0.15) is 5.82 Å². The van der Waals surface area contributed by atoms with Crippen LogP contribution in [0.5, 0.6) is 0 Å². The minimum absolute atomic E-state index is 0.179. The van der Waals surface area contributed by atoms with Crippen LogP contribution in [0.2, 0.25) is 0 Å². The SMILES string of the molecule is CCN(CC(=O)Nc1ccccc1F)C(CC)(CC)CN. The summed E-state index contributed by atoms with van der Waals surface area (Å²) in [6.45, 7) is 7.60. The maximum absolute atomic E-state index is 13.6. The van der Waals surface area contributed by atoms with Crippen molar-refractivity contribution in [1.29, 1.82) is 0 Å². The van der Waals surface area contributed by atoms with Crippen molar-refractivity contribution >= 4 is 11.6 Å². The number of hydrogen-bond donors (Lipinski definition) is 2. The van der Waals surface area contributed by atoms with Crippen LogP contribution in [0.3, 0.4) is 0 Å². The Bertz CT molecular complexity index is 452. The van der Waals surface area contributed by atoms with Crippen molar-refractivity contribution in [1.82, 2.24) is 4.90 Å². The Kier molecular flexibility index (Phi) is 6.78. The Morgan fingerprint density at radius 1 is 1.29 bits per heavy atom. The molecule has 4 nitrogen and oxygen atoms in total. The molecule has 0 fully saturated rings. The summed E-state index contributed by atoms with van der Waals surface area (Å²) in [6.07, 6.45) is 1.75. The summed E-state index contributed by atoms with van der Waals surface area (Å²) in [5, 5.41) is 2.62. The third-order valence-corrected chi connectivity index (χ3v) is 4.23. The molecule has 21 heavy (non-hydrogen) atoms. The largest absolute Gasteiger partial charge is 0.329 e. The molecular weight excluding hydrogens is 269 g/mol. The highest BCUT2D eigenvalue weighted by Gasteiger charge is 2.32. The molecule has 0 aliphatic carbocycles. The van der Waals surface area contributed by atoms with Crippen molar-refractivity contribution < 1.29 is 9.18 Å². The van der Waals surface area contributed by atoms with Gasteiger partial charge < -0.3 is 11.1 Å². The molecule has 1 aromatic carbocycles. The predicted molar refractivity (Wildman–Crippen MR) is 84.6 cm³/mol. The molecule has 0 saturated carbocycles. The number of nitrogens with zero attached hydrogens (tertiary/aromatic N) is 1. The fourth-order valence-corrected chi connectivity index (χ4v) is 2.66. The summed E-state index contributed by atoms with van der Waals surface area (Å²) in [7, 11) is 0. The Morgan fingerprint density at radius 2 is 1.90 bits per heavy atom. The number of hydrogen-bond acceptors (Lipinski definition) is 3. The minimum Gasteiger partial charge on any atom is -0.329 e. The van der Waals surface area contributed by atoms with Gasteiger partial charge in [-0.3, -0.25) is 9.69 Å². The summed E-state index contributed by atoms with van der Waals surface area (Å²) < 4.78 is 13.6. The number of rotatable bonds is 8. The molecule has 3 N–H and O–H groups in total. The molecule has 0 spiro atoms. The van der Waals surface area contributed by atoms with E-state index < -0.39 is 5.82 Å². The number of carbonyl (C=O) groups is 1. The summed E-state index contributed by atoms with van der Waals surface area (Å²) in [4.78, 5) is 14.2. The average molecular weight is 295 g/mol. The van der Waals surface area contributed by atoms with Crippen LogP contribution in [0.4, 0.5) is 10.1 Å². The van der Waals surface area contributed by atoms with E-state index in [0.717, 1.165) is 19.4 Å². The zero-order valence-electron chi connectivity index (χ0n) is 13.2. The second-order valence-electron chi connectivity index (χ2n) is 5.18. The summed E-state index contributed by atoms with van der Waals surface area (Å²) in [6, 6.07) is 6.17. The van der Waals surface area contributed by atoms with E-state index in [9.17, 15) is 9.18 Å². The van der Waals surface area contributed by atoms with E-state index >= 15 is 0 Å². The highest BCUT2D eigenvalue weighted by molar-refractivity contribution is 5.92. The smallest absolute Gasteiger partial charge is 0.238 e. The molecule has 1 rings (SSSR count). The van der Waals surface area contributed by atoms with Crippen molar-refractivity contribution in [3.05, 3.63) is 30.1 Å². The van der Waals surface area contributed by atoms with E-state index in [0.29, 0.717) is 6.54 Å². The first-order valence-corrected chi connectivity index (χ1v) is 7.52. The predicted octanol–water partition coefficient (Wildman–Crippen LogP) is 2.60. The Morgan fingerprint density at radius 3 is 2.38 bits per heavy atom. The molecule has 118 valence electrons. The number of carbonyl (C=O) groups excluding carboxylic acids is 1. The fourth-order valence-electron chi connectivity index (χ4n) is 2.66. The van der Waals surface area contributed by atoms with Crippen molar-refractivity contribution in [2.75, 3.05) is 25.0 Å². The van der Waals surface area contributed by atoms with Crippen LogP contribution in [-0.2, 0) is 4.79 Å². The van der Waals surface area contributed by atoms with Crippen molar-refractivity contribution in [2.24, 2.45) is 5.73 Å². The molecule has 0 saturated heterocycles. The molecule has 0 aromatic heterocycles. The van der Waals surface area contributed by atoms with E-state index in [1.165, 1.54) is 6.07 Å². The number of amides is 1. The van der Waals surface area contributed by atoms with Gasteiger partial charge in [-0.2, -0.15) is 0 Å². The first-order chi connectivity index (χ1) is 10.0. The maximum atomic E-state index is 13.6. The van der Waals surface area contributed by atoms with Crippen LogP contribution in [0.1, 0.15) is 33.6 Å².